The van der Waals surface area contributed by atoms with E-state index in [4.69, 9.17) is 18.1 Å². The summed E-state index contributed by atoms with van der Waals surface area (Å²) in [7, 11) is -7.82. The van der Waals surface area contributed by atoms with E-state index in [9.17, 15) is 18.6 Å². The second-order valence-electron chi connectivity index (χ2n) is 14.7. The molecular formula is C38H54O8SSi. The lowest BCUT2D eigenvalue weighted by Gasteiger charge is -2.47. The molecule has 3 aromatic carbocycles. The highest BCUT2D eigenvalue weighted by Gasteiger charge is 2.58. The number of hydrogen-bond acceptors (Lipinski definition) is 8. The number of aliphatic hydroxyl groups is 2. The molecule has 0 aromatic heterocycles. The van der Waals surface area contributed by atoms with Crippen molar-refractivity contribution in [2.75, 3.05) is 13.2 Å². The molecule has 10 heteroatoms. The fourth-order valence-electron chi connectivity index (χ4n) is 6.46. The lowest BCUT2D eigenvalue weighted by molar-refractivity contribution is -0.272. The van der Waals surface area contributed by atoms with Crippen molar-refractivity contribution < 1.29 is 36.7 Å². The molecule has 2 N–H and O–H groups in total. The number of aryl methyl sites for hydroxylation is 1. The van der Waals surface area contributed by atoms with Crippen LogP contribution in [-0.2, 0) is 28.2 Å². The van der Waals surface area contributed by atoms with Gasteiger partial charge in [0.2, 0.25) is 12.1 Å². The van der Waals surface area contributed by atoms with Crippen LogP contribution in [0.25, 0.3) is 0 Å². The van der Waals surface area contributed by atoms with Gasteiger partial charge in [0.05, 0.1) is 29.8 Å². The smallest absolute Gasteiger partial charge is 0.299 e. The zero-order chi connectivity index (χ0) is 35.2. The van der Waals surface area contributed by atoms with Crippen molar-refractivity contribution in [1.29, 1.82) is 0 Å². The fourth-order valence-corrected chi connectivity index (χ4v) is 12.1. The molecule has 0 saturated carbocycles. The topological polar surface area (TPSA) is 112 Å². The van der Waals surface area contributed by atoms with Crippen molar-refractivity contribution in [3.63, 3.8) is 0 Å². The molecule has 1 aliphatic rings. The molecule has 4 rings (SSSR count). The van der Waals surface area contributed by atoms with Crippen LogP contribution in [0.3, 0.4) is 0 Å². The van der Waals surface area contributed by atoms with Gasteiger partial charge in [-0.25, -0.2) is 4.18 Å². The third-order valence-electron chi connectivity index (χ3n) is 9.31. The van der Waals surface area contributed by atoms with Gasteiger partial charge in [-0.05, 0) is 60.2 Å². The van der Waals surface area contributed by atoms with Gasteiger partial charge in [-0.1, -0.05) is 126 Å². The maximum Gasteiger partial charge on any atom is 0.299 e. The molecular weight excluding hydrogens is 645 g/mol. The van der Waals surface area contributed by atoms with Gasteiger partial charge >= 0.3 is 0 Å². The van der Waals surface area contributed by atoms with E-state index in [1.807, 2.05) is 67.6 Å². The van der Waals surface area contributed by atoms with Crippen LogP contribution >= 0.6 is 0 Å². The van der Waals surface area contributed by atoms with Crippen molar-refractivity contribution in [3.05, 3.63) is 90.5 Å². The molecule has 1 heterocycles. The fraction of sp³-hybridized carbons (Fsp3) is 0.526. The summed E-state index contributed by atoms with van der Waals surface area (Å²) in [6, 6.07) is 26.1. The van der Waals surface area contributed by atoms with E-state index in [0.29, 0.717) is 12.3 Å². The van der Waals surface area contributed by atoms with Crippen molar-refractivity contribution in [1.82, 2.24) is 0 Å². The first-order chi connectivity index (χ1) is 22.5. The van der Waals surface area contributed by atoms with E-state index in [1.54, 1.807) is 19.1 Å². The summed E-state index contributed by atoms with van der Waals surface area (Å²) in [5, 5.41) is 23.9. The van der Waals surface area contributed by atoms with Gasteiger partial charge in [0.1, 0.15) is 0 Å². The molecule has 3 atom stereocenters. The molecule has 1 saturated heterocycles. The Hall–Kier alpha value is -2.41. The summed E-state index contributed by atoms with van der Waals surface area (Å²) in [5.74, 6) is -1.21. The van der Waals surface area contributed by atoms with Crippen LogP contribution in [0.1, 0.15) is 79.2 Å². The zero-order valence-electron chi connectivity index (χ0n) is 29.5. The Balaban J connectivity index is 1.82. The van der Waals surface area contributed by atoms with Gasteiger partial charge in [-0.15, -0.1) is 0 Å². The summed E-state index contributed by atoms with van der Waals surface area (Å²) in [6.07, 6.45) is -0.506. The molecule has 8 nitrogen and oxygen atoms in total. The van der Waals surface area contributed by atoms with E-state index in [-0.39, 0.29) is 31.0 Å². The summed E-state index contributed by atoms with van der Waals surface area (Å²) >= 11 is 0. The Bertz CT molecular complexity index is 1490. The quantitative estimate of drug-likeness (QED) is 0.106. The van der Waals surface area contributed by atoms with Gasteiger partial charge in [0.25, 0.3) is 18.4 Å². The SMILES string of the molecule is Cc1ccc(S(=O)(=O)OC(O[Si](c2ccccc2)(c2ccccc2)C(C)(C)C)C2(CCC(O)C(C)(O)CCCC(C)C)OCCO2)cc1. The van der Waals surface area contributed by atoms with E-state index in [0.717, 1.165) is 28.8 Å². The Morgan fingerprint density at radius 2 is 1.38 bits per heavy atom. The minimum atomic E-state index is -4.40. The minimum Gasteiger partial charge on any atom is -0.390 e. The van der Waals surface area contributed by atoms with Gasteiger partial charge in [-0.3, -0.25) is 0 Å². The Labute approximate surface area is 288 Å². The number of rotatable bonds is 16. The maximum atomic E-state index is 14.0. The monoisotopic (exact) mass is 698 g/mol. The Kier molecular flexibility index (Phi) is 12.5. The van der Waals surface area contributed by atoms with Gasteiger partial charge in [0, 0.05) is 6.42 Å². The third kappa shape index (κ3) is 8.84. The minimum absolute atomic E-state index is 0.0147. The normalized spacial score (nSPS) is 18.0. The molecule has 48 heavy (non-hydrogen) atoms. The largest absolute Gasteiger partial charge is 0.390 e. The van der Waals surface area contributed by atoms with Gasteiger partial charge in [0.15, 0.2) is 0 Å². The van der Waals surface area contributed by atoms with Crippen LogP contribution in [-0.4, -0.2) is 63.9 Å². The summed E-state index contributed by atoms with van der Waals surface area (Å²) in [6.45, 7) is 14.4. The first kappa shape index (κ1) is 38.4. The Morgan fingerprint density at radius 1 is 0.854 bits per heavy atom. The van der Waals surface area contributed by atoms with Crippen LogP contribution in [0.15, 0.2) is 89.8 Å². The van der Waals surface area contributed by atoms with E-state index in [2.05, 4.69) is 34.6 Å². The van der Waals surface area contributed by atoms with Gasteiger partial charge in [-0.2, -0.15) is 8.42 Å². The number of hydrogen-bond donors (Lipinski definition) is 2. The van der Waals surface area contributed by atoms with Crippen LogP contribution in [0.5, 0.6) is 0 Å². The average Bonchev–Trinajstić information content (AvgIpc) is 3.52. The molecule has 264 valence electrons. The van der Waals surface area contributed by atoms with E-state index in [1.165, 1.54) is 12.1 Å². The second-order valence-corrected chi connectivity index (χ2v) is 20.5. The van der Waals surface area contributed by atoms with Crippen LogP contribution < -0.4 is 10.4 Å². The lowest BCUT2D eigenvalue weighted by atomic mass is 9.87. The molecule has 3 unspecified atom stereocenters. The molecule has 0 amide bonds. The molecule has 0 bridgehead atoms. The summed E-state index contributed by atoms with van der Waals surface area (Å²) < 4.78 is 54.1. The first-order valence-corrected chi connectivity index (χ1v) is 20.3. The molecule has 0 spiro atoms. The molecule has 3 aromatic rings. The Morgan fingerprint density at radius 3 is 1.85 bits per heavy atom. The highest BCUT2D eigenvalue weighted by molar-refractivity contribution is 7.86. The number of aliphatic hydroxyl groups excluding tert-OH is 1. The van der Waals surface area contributed by atoms with Crippen LogP contribution in [0, 0.1) is 12.8 Å². The standard InChI is InChI=1S/C38H54O8SSi/c1-29(2)15-14-25-37(7,40)34(39)24-26-38(43-27-28-44-38)35(45-47(41,42)31-22-20-30(3)21-23-31)46-48(36(4,5)6,32-16-10-8-11-17-32)33-18-12-9-13-19-33/h8-13,16-23,29,34-35,39-40H,14-15,24-28H2,1-7H3. The second kappa shape index (κ2) is 15.6. The van der Waals surface area contributed by atoms with Crippen molar-refractivity contribution >= 4 is 28.8 Å². The average molecular weight is 699 g/mol. The maximum absolute atomic E-state index is 14.0. The van der Waals surface area contributed by atoms with E-state index >= 15 is 0 Å². The molecule has 1 aliphatic heterocycles. The predicted octanol–water partition coefficient (Wildman–Crippen LogP) is 6.06. The van der Waals surface area contributed by atoms with Crippen LogP contribution in [0.4, 0.5) is 0 Å². The highest BCUT2D eigenvalue weighted by atomic mass is 32.2. The zero-order valence-corrected chi connectivity index (χ0v) is 31.3. The van der Waals surface area contributed by atoms with Crippen molar-refractivity contribution in [2.45, 2.75) is 114 Å². The lowest BCUT2D eigenvalue weighted by Crippen LogP contribution is -2.70. The van der Waals surface area contributed by atoms with Crippen molar-refractivity contribution in [3.8, 4) is 0 Å². The third-order valence-corrected chi connectivity index (χ3v) is 15.6. The number of ether oxygens (including phenoxy) is 2. The van der Waals surface area contributed by atoms with Gasteiger partial charge < -0.3 is 24.1 Å². The predicted molar refractivity (Wildman–Crippen MR) is 191 cm³/mol. The highest BCUT2D eigenvalue weighted by Crippen LogP contribution is 2.42. The van der Waals surface area contributed by atoms with Crippen LogP contribution in [0.2, 0.25) is 5.04 Å². The molecule has 0 radical (unpaired) electrons. The molecule has 0 aliphatic carbocycles. The summed E-state index contributed by atoms with van der Waals surface area (Å²) in [5.41, 5.74) is -0.458. The van der Waals surface area contributed by atoms with Crippen molar-refractivity contribution in [2.24, 2.45) is 5.92 Å². The van der Waals surface area contributed by atoms with E-state index < -0.39 is 47.3 Å². The first-order valence-electron chi connectivity index (χ1n) is 17.0. The molecule has 1 fully saturated rings. The summed E-state index contributed by atoms with van der Waals surface area (Å²) in [4.78, 5) is -0.0228. The number of benzene rings is 3.